The van der Waals surface area contributed by atoms with E-state index >= 15 is 0 Å². The highest BCUT2D eigenvalue weighted by molar-refractivity contribution is 5.98. The van der Waals surface area contributed by atoms with Gasteiger partial charge < -0.3 is 24.5 Å². The first kappa shape index (κ1) is 21.0. The number of rotatable bonds is 9. The fourth-order valence-corrected chi connectivity index (χ4v) is 4.60. The van der Waals surface area contributed by atoms with Gasteiger partial charge in [-0.2, -0.15) is 0 Å². The maximum atomic E-state index is 13.3. The molecule has 2 N–H and O–H groups in total. The van der Waals surface area contributed by atoms with Crippen LogP contribution in [-0.2, 0) is 16.1 Å². The number of carbonyl (C=O) groups is 2. The quantitative estimate of drug-likeness (QED) is 0.598. The summed E-state index contributed by atoms with van der Waals surface area (Å²) < 4.78 is 16.5. The maximum Gasteiger partial charge on any atom is 0.229 e. The van der Waals surface area contributed by atoms with E-state index in [9.17, 15) is 9.59 Å². The highest BCUT2D eigenvalue weighted by Gasteiger charge is 2.51. The van der Waals surface area contributed by atoms with E-state index < -0.39 is 11.8 Å². The molecule has 164 valence electrons. The van der Waals surface area contributed by atoms with Crippen molar-refractivity contribution in [3.63, 3.8) is 0 Å². The minimum absolute atomic E-state index is 0.0509. The first-order chi connectivity index (χ1) is 15.1. The Balaban J connectivity index is 1.50. The Labute approximate surface area is 181 Å². The largest absolute Gasteiger partial charge is 0.494 e. The summed E-state index contributed by atoms with van der Waals surface area (Å²) in [5.41, 5.74) is 0.555. The number of furan rings is 1. The Bertz CT molecular complexity index is 953. The number of hydrogen-bond acceptors (Lipinski definition) is 5. The number of allylic oxidation sites excluding steroid dienone is 2. The van der Waals surface area contributed by atoms with Crippen molar-refractivity contribution in [2.24, 2.45) is 23.7 Å². The zero-order valence-corrected chi connectivity index (χ0v) is 17.8. The number of hydrogen-bond donors (Lipinski definition) is 2. The van der Waals surface area contributed by atoms with Crippen LogP contribution >= 0.6 is 0 Å². The number of anilines is 1. The maximum absolute atomic E-state index is 13.3. The molecule has 2 aliphatic rings. The molecule has 1 aromatic heterocycles. The lowest BCUT2D eigenvalue weighted by Gasteiger charge is -2.26. The third-order valence-corrected chi connectivity index (χ3v) is 5.90. The van der Waals surface area contributed by atoms with Crippen molar-refractivity contribution in [3.8, 4) is 11.5 Å². The van der Waals surface area contributed by atoms with Gasteiger partial charge in [0.15, 0.2) is 0 Å². The first-order valence-corrected chi connectivity index (χ1v) is 10.8. The lowest BCUT2D eigenvalue weighted by molar-refractivity contribution is -0.133. The summed E-state index contributed by atoms with van der Waals surface area (Å²) in [6.45, 7) is 5.11. The molecule has 0 spiro atoms. The van der Waals surface area contributed by atoms with Gasteiger partial charge in [-0.05, 0) is 56.4 Å². The Morgan fingerprint density at radius 3 is 2.45 bits per heavy atom. The summed E-state index contributed by atoms with van der Waals surface area (Å²) in [6.07, 6.45) is 6.51. The van der Waals surface area contributed by atoms with E-state index in [-0.39, 0.29) is 23.7 Å². The molecule has 1 saturated carbocycles. The van der Waals surface area contributed by atoms with Gasteiger partial charge in [0.2, 0.25) is 11.8 Å². The summed E-state index contributed by atoms with van der Waals surface area (Å²) in [5.74, 6) is 0.896. The predicted octanol–water partition coefficient (Wildman–Crippen LogP) is 3.77. The van der Waals surface area contributed by atoms with E-state index in [0.29, 0.717) is 42.7 Å². The van der Waals surface area contributed by atoms with Crippen LogP contribution in [0, 0.1) is 23.7 Å². The minimum atomic E-state index is -0.433. The summed E-state index contributed by atoms with van der Waals surface area (Å²) in [4.78, 5) is 26.3. The van der Waals surface area contributed by atoms with Crippen LogP contribution in [-0.4, -0.2) is 25.0 Å². The highest BCUT2D eigenvalue weighted by atomic mass is 16.5. The van der Waals surface area contributed by atoms with Gasteiger partial charge in [0, 0.05) is 6.07 Å². The Kier molecular flexibility index (Phi) is 6.30. The molecule has 7 heteroatoms. The zero-order chi connectivity index (χ0) is 21.8. The van der Waals surface area contributed by atoms with Gasteiger partial charge in [0.05, 0.1) is 43.5 Å². The summed E-state index contributed by atoms with van der Waals surface area (Å²) >= 11 is 0. The third-order valence-electron chi connectivity index (χ3n) is 5.90. The summed E-state index contributed by atoms with van der Waals surface area (Å²) in [7, 11) is 0. The number of amides is 2. The predicted molar refractivity (Wildman–Crippen MR) is 116 cm³/mol. The van der Waals surface area contributed by atoms with Crippen LogP contribution in [0.1, 0.15) is 26.0 Å². The van der Waals surface area contributed by atoms with Gasteiger partial charge in [-0.1, -0.05) is 12.2 Å². The molecule has 2 bridgehead atoms. The van der Waals surface area contributed by atoms with Crippen LogP contribution in [0.2, 0.25) is 0 Å². The molecule has 2 amide bonds. The fraction of sp³-hybridized carbons (Fsp3) is 0.417. The standard InChI is InChI=1S/C24H28N2O5/c1-3-29-17-9-10-20(30-4-2)19(13-17)26-24(28)22-16-8-7-15(12-16)21(22)23(27)25-14-18-6-5-11-31-18/h5-11,13,15-16,21-22H,3-4,12,14H2,1-2H3,(H,25,27)(H,26,28)/t15-,16+,21-,22-/m0/s1. The molecular formula is C24H28N2O5. The average Bonchev–Trinajstić information content (AvgIpc) is 3.51. The molecule has 4 atom stereocenters. The molecule has 2 aromatic rings. The number of fused-ring (bicyclic) bond motifs is 2. The molecule has 1 heterocycles. The van der Waals surface area contributed by atoms with Crippen LogP contribution in [0.4, 0.5) is 5.69 Å². The third kappa shape index (κ3) is 4.45. The molecule has 1 aromatic carbocycles. The zero-order valence-electron chi connectivity index (χ0n) is 17.8. The van der Waals surface area contributed by atoms with Crippen LogP contribution in [0.25, 0.3) is 0 Å². The van der Waals surface area contributed by atoms with Crippen LogP contribution < -0.4 is 20.1 Å². The second-order valence-electron chi connectivity index (χ2n) is 7.81. The first-order valence-electron chi connectivity index (χ1n) is 10.8. The van der Waals surface area contributed by atoms with Crippen LogP contribution in [0.3, 0.4) is 0 Å². The molecule has 1 fully saturated rings. The van der Waals surface area contributed by atoms with Gasteiger partial charge in [-0.25, -0.2) is 0 Å². The fourth-order valence-electron chi connectivity index (χ4n) is 4.60. The molecule has 7 nitrogen and oxygen atoms in total. The molecule has 0 aliphatic heterocycles. The van der Waals surface area contributed by atoms with Gasteiger partial charge in [0.25, 0.3) is 0 Å². The van der Waals surface area contributed by atoms with Crippen molar-refractivity contribution in [3.05, 3.63) is 54.5 Å². The van der Waals surface area contributed by atoms with E-state index in [1.54, 1.807) is 24.5 Å². The average molecular weight is 424 g/mol. The van der Waals surface area contributed by atoms with Crippen LogP contribution in [0.15, 0.2) is 53.2 Å². The normalized spacial score (nSPS) is 23.5. The molecule has 31 heavy (non-hydrogen) atoms. The van der Waals surface area contributed by atoms with Gasteiger partial charge >= 0.3 is 0 Å². The SMILES string of the molecule is CCOc1ccc(OCC)c(NC(=O)[C@@H]2[C@@H](C(=O)NCc3ccco3)[C@H]3C=C[C@@H]2C3)c1. The molecule has 0 radical (unpaired) electrons. The second kappa shape index (κ2) is 9.29. The molecular weight excluding hydrogens is 396 g/mol. The monoisotopic (exact) mass is 424 g/mol. The smallest absolute Gasteiger partial charge is 0.229 e. The topological polar surface area (TPSA) is 89.8 Å². The van der Waals surface area contributed by atoms with Crippen molar-refractivity contribution < 1.29 is 23.5 Å². The lowest BCUT2D eigenvalue weighted by atomic mass is 9.81. The Morgan fingerprint density at radius 2 is 1.77 bits per heavy atom. The van der Waals surface area contributed by atoms with Crippen molar-refractivity contribution in [1.82, 2.24) is 5.32 Å². The van der Waals surface area contributed by atoms with Crippen molar-refractivity contribution >= 4 is 17.5 Å². The summed E-state index contributed by atoms with van der Waals surface area (Å²) in [5, 5.41) is 5.93. The van der Waals surface area contributed by atoms with Crippen LogP contribution in [0.5, 0.6) is 11.5 Å². The van der Waals surface area contributed by atoms with E-state index in [4.69, 9.17) is 13.9 Å². The Morgan fingerprint density at radius 1 is 1.03 bits per heavy atom. The van der Waals surface area contributed by atoms with Crippen molar-refractivity contribution in [1.29, 1.82) is 0 Å². The number of benzene rings is 1. The number of nitrogens with one attached hydrogen (secondary N) is 2. The van der Waals surface area contributed by atoms with Crippen molar-refractivity contribution in [2.45, 2.75) is 26.8 Å². The minimum Gasteiger partial charge on any atom is -0.494 e. The Hall–Kier alpha value is -3.22. The van der Waals surface area contributed by atoms with Gasteiger partial charge in [0.1, 0.15) is 17.3 Å². The number of carbonyl (C=O) groups excluding carboxylic acids is 2. The second-order valence-corrected chi connectivity index (χ2v) is 7.81. The van der Waals surface area contributed by atoms with E-state index in [1.165, 1.54) is 0 Å². The number of ether oxygens (including phenoxy) is 2. The van der Waals surface area contributed by atoms with E-state index in [2.05, 4.69) is 22.8 Å². The van der Waals surface area contributed by atoms with E-state index in [0.717, 1.165) is 6.42 Å². The molecule has 2 aliphatic carbocycles. The molecule has 0 unspecified atom stereocenters. The molecule has 0 saturated heterocycles. The summed E-state index contributed by atoms with van der Waals surface area (Å²) in [6, 6.07) is 8.96. The highest BCUT2D eigenvalue weighted by Crippen LogP contribution is 2.48. The van der Waals surface area contributed by atoms with Gasteiger partial charge in [-0.15, -0.1) is 0 Å². The molecule has 4 rings (SSSR count). The van der Waals surface area contributed by atoms with Crippen molar-refractivity contribution in [2.75, 3.05) is 18.5 Å². The van der Waals surface area contributed by atoms with E-state index in [1.807, 2.05) is 26.0 Å². The van der Waals surface area contributed by atoms with Gasteiger partial charge in [-0.3, -0.25) is 9.59 Å². The lowest BCUT2D eigenvalue weighted by Crippen LogP contribution is -2.41.